The van der Waals surface area contributed by atoms with Crippen LogP contribution in [0.2, 0.25) is 0 Å². The van der Waals surface area contributed by atoms with E-state index in [4.69, 9.17) is 9.47 Å². The molecule has 1 saturated heterocycles. The molecule has 2 fully saturated rings. The van der Waals surface area contributed by atoms with Crippen LogP contribution in [0, 0.1) is 11.3 Å². The molecule has 0 amide bonds. The number of nitrogens with zero attached hydrogens (tertiary/aromatic N) is 1. The Morgan fingerprint density at radius 3 is 2.57 bits per heavy atom. The van der Waals surface area contributed by atoms with Gasteiger partial charge in [0.05, 0.1) is 30.8 Å². The van der Waals surface area contributed by atoms with Crippen LogP contribution in [0.1, 0.15) is 53.4 Å². The molecule has 1 aliphatic heterocycles. The van der Waals surface area contributed by atoms with Crippen LogP contribution in [0.15, 0.2) is 0 Å². The highest BCUT2D eigenvalue weighted by Gasteiger charge is 2.39. The van der Waals surface area contributed by atoms with Crippen molar-refractivity contribution in [2.75, 3.05) is 32.8 Å². The van der Waals surface area contributed by atoms with E-state index in [0.29, 0.717) is 26.0 Å². The summed E-state index contributed by atoms with van der Waals surface area (Å²) in [4.78, 5) is 14.1. The fourth-order valence-corrected chi connectivity index (χ4v) is 3.60. The number of carbonyl (C=O) groups is 1. The second kappa shape index (κ2) is 7.49. The molecule has 23 heavy (non-hydrogen) atoms. The van der Waals surface area contributed by atoms with Gasteiger partial charge >= 0.3 is 5.97 Å². The van der Waals surface area contributed by atoms with E-state index in [-0.39, 0.29) is 23.4 Å². The fourth-order valence-electron chi connectivity index (χ4n) is 3.60. The lowest BCUT2D eigenvalue weighted by atomic mass is 9.78. The third-order valence-corrected chi connectivity index (χ3v) is 5.17. The van der Waals surface area contributed by atoms with E-state index in [1.165, 1.54) is 0 Å². The molecule has 1 heterocycles. The van der Waals surface area contributed by atoms with E-state index >= 15 is 0 Å². The van der Waals surface area contributed by atoms with Gasteiger partial charge in [0, 0.05) is 19.6 Å². The summed E-state index contributed by atoms with van der Waals surface area (Å²) in [7, 11) is 0. The molecule has 1 aliphatic carbocycles. The topological polar surface area (TPSA) is 59.0 Å². The Bertz CT molecular complexity index is 396. The van der Waals surface area contributed by atoms with Crippen molar-refractivity contribution in [3.63, 3.8) is 0 Å². The number of carbonyl (C=O) groups excluding carboxylic acids is 1. The monoisotopic (exact) mass is 327 g/mol. The Labute approximate surface area is 140 Å². The summed E-state index contributed by atoms with van der Waals surface area (Å²) in [5.41, 5.74) is -0.564. The van der Waals surface area contributed by atoms with Crippen molar-refractivity contribution in [2.24, 2.45) is 11.3 Å². The first kappa shape index (κ1) is 18.7. The van der Waals surface area contributed by atoms with Crippen molar-refractivity contribution in [3.05, 3.63) is 0 Å². The second-order valence-electron chi connectivity index (χ2n) is 8.21. The Balaban J connectivity index is 1.84. The van der Waals surface area contributed by atoms with E-state index in [0.717, 1.165) is 32.5 Å². The maximum Gasteiger partial charge on any atom is 0.308 e. The highest BCUT2D eigenvalue weighted by atomic mass is 16.5. The van der Waals surface area contributed by atoms with Gasteiger partial charge in [-0.15, -0.1) is 0 Å². The standard InChI is InChI=1S/C18H33NO4/c1-5-22-16(20)14-6-8-18(21,9-7-14)13-19-10-11-23-15(12-19)17(2,3)4/h14-15,21H,5-13H2,1-4H3/t14?,15-,18?/m0/s1. The molecule has 1 atom stereocenters. The smallest absolute Gasteiger partial charge is 0.308 e. The minimum Gasteiger partial charge on any atom is -0.466 e. The molecule has 0 aromatic heterocycles. The summed E-state index contributed by atoms with van der Waals surface area (Å²) >= 11 is 0. The molecule has 2 rings (SSSR count). The van der Waals surface area contributed by atoms with Crippen LogP contribution < -0.4 is 0 Å². The lowest BCUT2D eigenvalue weighted by molar-refractivity contribution is -0.152. The quantitative estimate of drug-likeness (QED) is 0.802. The molecule has 0 radical (unpaired) electrons. The molecule has 5 heteroatoms. The molecular formula is C18H33NO4. The lowest BCUT2D eigenvalue weighted by Gasteiger charge is -2.44. The van der Waals surface area contributed by atoms with Crippen LogP contribution in [0.25, 0.3) is 0 Å². The number of esters is 1. The summed E-state index contributed by atoms with van der Waals surface area (Å²) in [6.07, 6.45) is 3.00. The van der Waals surface area contributed by atoms with E-state index in [1.807, 2.05) is 6.92 Å². The van der Waals surface area contributed by atoms with Gasteiger partial charge < -0.3 is 14.6 Å². The van der Waals surface area contributed by atoms with E-state index in [9.17, 15) is 9.90 Å². The van der Waals surface area contributed by atoms with E-state index < -0.39 is 5.60 Å². The van der Waals surface area contributed by atoms with Crippen LogP contribution in [-0.2, 0) is 14.3 Å². The average Bonchev–Trinajstić information content (AvgIpc) is 2.47. The van der Waals surface area contributed by atoms with Crippen molar-refractivity contribution in [1.82, 2.24) is 4.90 Å². The van der Waals surface area contributed by atoms with Gasteiger partial charge in [-0.3, -0.25) is 9.69 Å². The Morgan fingerprint density at radius 1 is 1.35 bits per heavy atom. The first-order valence-electron chi connectivity index (χ1n) is 8.96. The molecule has 0 aromatic rings. The first-order chi connectivity index (χ1) is 10.7. The third kappa shape index (κ3) is 5.16. The molecule has 134 valence electrons. The van der Waals surface area contributed by atoms with Gasteiger partial charge in [-0.1, -0.05) is 20.8 Å². The Morgan fingerprint density at radius 2 is 2.00 bits per heavy atom. The van der Waals surface area contributed by atoms with Crippen molar-refractivity contribution in [2.45, 2.75) is 65.1 Å². The summed E-state index contributed by atoms with van der Waals surface area (Å²) in [6.45, 7) is 12.0. The molecular weight excluding hydrogens is 294 g/mol. The van der Waals surface area contributed by atoms with Gasteiger partial charge in [-0.05, 0) is 38.0 Å². The number of aliphatic hydroxyl groups is 1. The number of β-amino-alcohol motifs (C(OH)–C–C–N with tert-alkyl or cyclic N) is 1. The van der Waals surface area contributed by atoms with Gasteiger partial charge in [0.2, 0.25) is 0 Å². The zero-order valence-electron chi connectivity index (χ0n) is 15.1. The van der Waals surface area contributed by atoms with Crippen LogP contribution in [0.4, 0.5) is 0 Å². The zero-order valence-corrected chi connectivity index (χ0v) is 15.1. The van der Waals surface area contributed by atoms with Gasteiger partial charge in [-0.2, -0.15) is 0 Å². The summed E-state index contributed by atoms with van der Waals surface area (Å²) < 4.78 is 11.0. The Hall–Kier alpha value is -0.650. The predicted octanol–water partition coefficient (Wildman–Crippen LogP) is 2.22. The SMILES string of the molecule is CCOC(=O)C1CCC(O)(CN2CCO[C@H](C(C)(C)C)C2)CC1. The lowest BCUT2D eigenvalue weighted by Crippen LogP contribution is -2.54. The normalized spacial score (nSPS) is 33.4. The average molecular weight is 327 g/mol. The summed E-state index contributed by atoms with van der Waals surface area (Å²) in [6, 6.07) is 0. The number of hydrogen-bond acceptors (Lipinski definition) is 5. The van der Waals surface area contributed by atoms with Gasteiger partial charge in [0.15, 0.2) is 0 Å². The molecule has 0 unspecified atom stereocenters. The van der Waals surface area contributed by atoms with Gasteiger partial charge in [0.1, 0.15) is 0 Å². The largest absolute Gasteiger partial charge is 0.466 e. The molecule has 5 nitrogen and oxygen atoms in total. The molecule has 0 bridgehead atoms. The molecule has 0 aromatic carbocycles. The van der Waals surface area contributed by atoms with Crippen LogP contribution in [0.3, 0.4) is 0 Å². The van der Waals surface area contributed by atoms with Crippen LogP contribution >= 0.6 is 0 Å². The van der Waals surface area contributed by atoms with Crippen LogP contribution in [0.5, 0.6) is 0 Å². The maximum atomic E-state index is 11.8. The van der Waals surface area contributed by atoms with E-state index in [2.05, 4.69) is 25.7 Å². The van der Waals surface area contributed by atoms with Crippen LogP contribution in [-0.4, -0.2) is 60.5 Å². The summed E-state index contributed by atoms with van der Waals surface area (Å²) in [5, 5.41) is 10.9. The predicted molar refractivity (Wildman–Crippen MR) is 89.2 cm³/mol. The second-order valence-corrected chi connectivity index (χ2v) is 8.21. The highest BCUT2D eigenvalue weighted by molar-refractivity contribution is 5.72. The minimum absolute atomic E-state index is 0.0396. The maximum absolute atomic E-state index is 11.8. The number of morpholine rings is 1. The highest BCUT2D eigenvalue weighted by Crippen LogP contribution is 2.34. The molecule has 1 N–H and O–H groups in total. The molecule has 2 aliphatic rings. The minimum atomic E-state index is -0.678. The third-order valence-electron chi connectivity index (χ3n) is 5.17. The van der Waals surface area contributed by atoms with Gasteiger partial charge in [0.25, 0.3) is 0 Å². The zero-order chi connectivity index (χ0) is 17.1. The van der Waals surface area contributed by atoms with Gasteiger partial charge in [-0.25, -0.2) is 0 Å². The Kier molecular flexibility index (Phi) is 6.09. The number of hydrogen-bond donors (Lipinski definition) is 1. The summed E-state index contributed by atoms with van der Waals surface area (Å²) in [5.74, 6) is -0.143. The molecule has 0 spiro atoms. The first-order valence-corrected chi connectivity index (χ1v) is 8.96. The van der Waals surface area contributed by atoms with Crippen molar-refractivity contribution in [1.29, 1.82) is 0 Å². The van der Waals surface area contributed by atoms with E-state index in [1.54, 1.807) is 0 Å². The van der Waals surface area contributed by atoms with Crippen molar-refractivity contribution < 1.29 is 19.4 Å². The fraction of sp³-hybridized carbons (Fsp3) is 0.944. The van der Waals surface area contributed by atoms with Crippen molar-refractivity contribution >= 4 is 5.97 Å². The number of rotatable bonds is 4. The van der Waals surface area contributed by atoms with Crippen molar-refractivity contribution in [3.8, 4) is 0 Å². The number of ether oxygens (including phenoxy) is 2. The molecule has 1 saturated carbocycles.